The highest BCUT2D eigenvalue weighted by atomic mass is 32.1. The highest BCUT2D eigenvalue weighted by Crippen LogP contribution is 2.39. The van der Waals surface area contributed by atoms with Gasteiger partial charge in [-0.25, -0.2) is 0 Å². The van der Waals surface area contributed by atoms with Gasteiger partial charge in [0.2, 0.25) is 0 Å². The third-order valence-corrected chi connectivity index (χ3v) is 7.56. The first kappa shape index (κ1) is 24.5. The van der Waals surface area contributed by atoms with Crippen LogP contribution in [0.2, 0.25) is 0 Å². The lowest BCUT2D eigenvalue weighted by Gasteiger charge is -2.30. The molecule has 4 nitrogen and oxygen atoms in total. The molecule has 1 aliphatic rings. The monoisotopic (exact) mass is 476 g/mol. The van der Waals surface area contributed by atoms with E-state index in [0.29, 0.717) is 17.8 Å². The Kier molecular flexibility index (Phi) is 8.07. The summed E-state index contributed by atoms with van der Waals surface area (Å²) in [6, 6.07) is 22.5. The molecule has 5 heteroatoms. The van der Waals surface area contributed by atoms with Gasteiger partial charge in [-0.1, -0.05) is 50.2 Å². The number of amides is 1. The fourth-order valence-corrected chi connectivity index (χ4v) is 6.05. The molecule has 2 atom stereocenters. The predicted octanol–water partition coefficient (Wildman–Crippen LogP) is 6.08. The molecule has 1 amide bonds. The second-order valence-electron chi connectivity index (χ2n) is 9.78. The molecule has 0 N–H and O–H groups in total. The number of ether oxygens (including phenoxy) is 1. The third kappa shape index (κ3) is 5.89. The second-order valence-corrected chi connectivity index (χ2v) is 11.2. The lowest BCUT2D eigenvalue weighted by atomic mass is 9.87. The van der Waals surface area contributed by atoms with Gasteiger partial charge in [0.1, 0.15) is 5.75 Å². The zero-order chi connectivity index (χ0) is 24.1. The Morgan fingerprint density at radius 2 is 1.79 bits per heavy atom. The van der Waals surface area contributed by atoms with Crippen LogP contribution in [0.4, 0.5) is 0 Å². The molecular formula is C29H36N2O2S. The maximum Gasteiger partial charge on any atom is 0.253 e. The smallest absolute Gasteiger partial charge is 0.253 e. The minimum Gasteiger partial charge on any atom is -0.496 e. The summed E-state index contributed by atoms with van der Waals surface area (Å²) in [5, 5.41) is 0. The second kappa shape index (κ2) is 11.2. The first-order valence-electron chi connectivity index (χ1n) is 12.2. The molecule has 1 aliphatic heterocycles. The van der Waals surface area contributed by atoms with Crippen molar-refractivity contribution in [2.45, 2.75) is 33.2 Å². The zero-order valence-electron chi connectivity index (χ0n) is 20.7. The van der Waals surface area contributed by atoms with Crippen molar-refractivity contribution >= 4 is 17.2 Å². The minimum absolute atomic E-state index is 0.125. The summed E-state index contributed by atoms with van der Waals surface area (Å²) >= 11 is 1.87. The van der Waals surface area contributed by atoms with E-state index in [1.807, 2.05) is 47.7 Å². The lowest BCUT2D eigenvalue weighted by molar-refractivity contribution is 0.0703. The van der Waals surface area contributed by atoms with E-state index in [1.54, 1.807) is 7.11 Å². The van der Waals surface area contributed by atoms with Crippen LogP contribution in [0.25, 0.3) is 0 Å². The number of nitrogens with zero attached hydrogens (tertiary/aromatic N) is 2. The molecule has 2 unspecified atom stereocenters. The molecule has 2 heterocycles. The van der Waals surface area contributed by atoms with Crippen LogP contribution in [-0.4, -0.2) is 49.0 Å². The number of methoxy groups -OCH3 is 1. The number of carbonyl (C=O) groups excluding carboxylic acids is 1. The molecule has 34 heavy (non-hydrogen) atoms. The predicted molar refractivity (Wildman–Crippen MR) is 141 cm³/mol. The maximum absolute atomic E-state index is 13.5. The fourth-order valence-electron chi connectivity index (χ4n) is 5.12. The summed E-state index contributed by atoms with van der Waals surface area (Å²) in [6.45, 7) is 10.9. The Balaban J connectivity index is 1.61. The summed E-state index contributed by atoms with van der Waals surface area (Å²) in [5.41, 5.74) is 2.01. The number of thiophene rings is 1. The Labute approximate surface area is 208 Å². The van der Waals surface area contributed by atoms with Gasteiger partial charge in [0, 0.05) is 54.0 Å². The molecule has 2 aromatic carbocycles. The largest absolute Gasteiger partial charge is 0.496 e. The van der Waals surface area contributed by atoms with Crippen LogP contribution in [0.5, 0.6) is 5.75 Å². The number of aryl methyl sites for hydroxylation is 1. The van der Waals surface area contributed by atoms with Gasteiger partial charge in [0.05, 0.1) is 7.11 Å². The molecule has 1 aromatic heterocycles. The van der Waals surface area contributed by atoms with Gasteiger partial charge in [-0.3, -0.25) is 9.69 Å². The van der Waals surface area contributed by atoms with Gasteiger partial charge in [-0.15, -0.1) is 11.3 Å². The van der Waals surface area contributed by atoms with Gasteiger partial charge in [-0.2, -0.15) is 0 Å². The molecule has 0 bridgehead atoms. The van der Waals surface area contributed by atoms with Gasteiger partial charge in [0.25, 0.3) is 5.91 Å². The highest BCUT2D eigenvalue weighted by molar-refractivity contribution is 7.11. The van der Waals surface area contributed by atoms with Crippen LogP contribution < -0.4 is 4.74 Å². The molecule has 1 fully saturated rings. The van der Waals surface area contributed by atoms with Crippen molar-refractivity contribution in [3.8, 4) is 5.75 Å². The third-order valence-electron chi connectivity index (χ3n) is 6.58. The average Bonchev–Trinajstić information content (AvgIpc) is 3.43. The van der Waals surface area contributed by atoms with Gasteiger partial charge in [0.15, 0.2) is 0 Å². The number of rotatable bonds is 9. The number of hydrogen-bond donors (Lipinski definition) is 0. The zero-order valence-corrected chi connectivity index (χ0v) is 21.6. The minimum atomic E-state index is 0.125. The Bertz CT molecular complexity index is 1080. The van der Waals surface area contributed by atoms with Crippen molar-refractivity contribution in [1.82, 2.24) is 9.80 Å². The Morgan fingerprint density at radius 3 is 2.47 bits per heavy atom. The molecule has 4 rings (SSSR count). The Hall–Kier alpha value is -2.63. The molecule has 3 aromatic rings. The summed E-state index contributed by atoms with van der Waals surface area (Å²) in [6.07, 6.45) is 0. The number of para-hydroxylation sites is 1. The van der Waals surface area contributed by atoms with Crippen molar-refractivity contribution < 1.29 is 9.53 Å². The normalized spacial score (nSPS) is 18.4. The van der Waals surface area contributed by atoms with Crippen molar-refractivity contribution in [1.29, 1.82) is 0 Å². The van der Waals surface area contributed by atoms with E-state index in [9.17, 15) is 4.79 Å². The van der Waals surface area contributed by atoms with Crippen LogP contribution in [0.3, 0.4) is 0 Å². The Morgan fingerprint density at radius 1 is 1.06 bits per heavy atom. The van der Waals surface area contributed by atoms with Crippen LogP contribution in [0, 0.1) is 18.8 Å². The van der Waals surface area contributed by atoms with Gasteiger partial charge >= 0.3 is 0 Å². The molecule has 0 spiro atoms. The SMILES string of the molecule is COc1ccccc1C1CN(Cc2ccc(C)s2)CC1CN(CC(C)C)C(=O)c1ccccc1. The van der Waals surface area contributed by atoms with E-state index < -0.39 is 0 Å². The standard InChI is InChI=1S/C29H36N2O2S/c1-21(2)16-31(29(32)23-10-6-5-7-11-23)18-24-17-30(19-25-15-14-22(3)34-25)20-27(24)26-12-8-9-13-28(26)33-4/h5-15,21,24,27H,16-20H2,1-4H3. The molecular weight excluding hydrogens is 440 g/mol. The van der Waals surface area contributed by atoms with Crippen LogP contribution in [0.15, 0.2) is 66.7 Å². The summed E-state index contributed by atoms with van der Waals surface area (Å²) in [5.74, 6) is 2.12. The molecule has 180 valence electrons. The van der Waals surface area contributed by atoms with E-state index in [2.05, 4.69) is 60.9 Å². The van der Waals surface area contributed by atoms with Crippen molar-refractivity contribution in [2.75, 3.05) is 33.3 Å². The van der Waals surface area contributed by atoms with Crippen LogP contribution in [0.1, 0.15) is 45.4 Å². The van der Waals surface area contributed by atoms with E-state index in [0.717, 1.165) is 44.0 Å². The van der Waals surface area contributed by atoms with Crippen LogP contribution >= 0.6 is 11.3 Å². The molecule has 0 aliphatic carbocycles. The van der Waals surface area contributed by atoms with Crippen molar-refractivity contribution in [3.63, 3.8) is 0 Å². The maximum atomic E-state index is 13.5. The number of likely N-dealkylation sites (tertiary alicyclic amines) is 1. The van der Waals surface area contributed by atoms with E-state index in [-0.39, 0.29) is 5.91 Å². The molecule has 1 saturated heterocycles. The van der Waals surface area contributed by atoms with E-state index >= 15 is 0 Å². The fraction of sp³-hybridized carbons (Fsp3) is 0.414. The first-order valence-corrected chi connectivity index (χ1v) is 13.0. The quantitative estimate of drug-likeness (QED) is 0.375. The van der Waals surface area contributed by atoms with Crippen LogP contribution in [-0.2, 0) is 6.54 Å². The summed E-state index contributed by atoms with van der Waals surface area (Å²) in [7, 11) is 1.75. The average molecular weight is 477 g/mol. The van der Waals surface area contributed by atoms with E-state index in [1.165, 1.54) is 15.3 Å². The first-order chi connectivity index (χ1) is 16.4. The molecule has 0 saturated carbocycles. The number of hydrogen-bond acceptors (Lipinski definition) is 4. The molecule has 0 radical (unpaired) electrons. The summed E-state index contributed by atoms with van der Waals surface area (Å²) in [4.78, 5) is 20.9. The van der Waals surface area contributed by atoms with Crippen molar-refractivity contribution in [2.24, 2.45) is 11.8 Å². The van der Waals surface area contributed by atoms with E-state index in [4.69, 9.17) is 4.74 Å². The highest BCUT2D eigenvalue weighted by Gasteiger charge is 2.37. The number of carbonyl (C=O) groups is 1. The lowest BCUT2D eigenvalue weighted by Crippen LogP contribution is -2.39. The number of benzene rings is 2. The van der Waals surface area contributed by atoms with Gasteiger partial charge in [-0.05, 0) is 54.7 Å². The topological polar surface area (TPSA) is 32.8 Å². The van der Waals surface area contributed by atoms with Crippen molar-refractivity contribution in [3.05, 3.63) is 87.6 Å². The van der Waals surface area contributed by atoms with Gasteiger partial charge < -0.3 is 9.64 Å². The summed E-state index contributed by atoms with van der Waals surface area (Å²) < 4.78 is 5.75.